The molecule has 0 spiro atoms. The number of piperidine rings is 1. The summed E-state index contributed by atoms with van der Waals surface area (Å²) in [7, 11) is -0.527. The minimum absolute atomic E-state index is 0.0853. The number of carbonyl (C=O) groups excluding carboxylic acids is 2. The predicted octanol–water partition coefficient (Wildman–Crippen LogP) is 4.05. The van der Waals surface area contributed by atoms with Crippen LogP contribution in [0.1, 0.15) is 48.0 Å². The average Bonchev–Trinajstić information content (AvgIpc) is 2.49. The fraction of sp³-hybridized carbons (Fsp3) is 0.895. The van der Waals surface area contributed by atoms with Crippen LogP contribution in [0.25, 0.3) is 0 Å². The zero-order valence-corrected chi connectivity index (χ0v) is 19.0. The van der Waals surface area contributed by atoms with Crippen molar-refractivity contribution < 1.29 is 23.5 Å². The molecule has 26 heavy (non-hydrogen) atoms. The summed E-state index contributed by atoms with van der Waals surface area (Å²) >= 11 is 0. The molecule has 0 aromatic rings. The van der Waals surface area contributed by atoms with Crippen LogP contribution in [0.15, 0.2) is 0 Å². The van der Waals surface area contributed by atoms with Crippen LogP contribution < -0.4 is 0 Å². The summed E-state index contributed by atoms with van der Waals surface area (Å²) in [5.41, 5.74) is -0.538. The number of amides is 1. The SMILES string of the molecule is COC(=O)[C@H]1CCN(C(=O)OC(C)(C)C)C[C@H]1CO[Si](C)(C)C(C)(C)C. The number of carbonyl (C=O) groups is 2. The van der Waals surface area contributed by atoms with Crippen molar-refractivity contribution in [2.75, 3.05) is 26.8 Å². The Morgan fingerprint density at radius 2 is 1.69 bits per heavy atom. The Kier molecular flexibility index (Phi) is 7.32. The van der Waals surface area contributed by atoms with Crippen molar-refractivity contribution in [1.82, 2.24) is 4.90 Å². The molecule has 6 nitrogen and oxygen atoms in total. The summed E-state index contributed by atoms with van der Waals surface area (Å²) in [6.07, 6.45) is 0.232. The number of rotatable bonds is 4. The molecule has 0 aliphatic carbocycles. The highest BCUT2D eigenvalue weighted by molar-refractivity contribution is 6.74. The Morgan fingerprint density at radius 1 is 1.12 bits per heavy atom. The number of nitrogens with zero attached hydrogens (tertiary/aromatic N) is 1. The normalized spacial score (nSPS) is 22.1. The van der Waals surface area contributed by atoms with E-state index in [2.05, 4.69) is 33.9 Å². The van der Waals surface area contributed by atoms with E-state index >= 15 is 0 Å². The van der Waals surface area contributed by atoms with Gasteiger partial charge in [0.2, 0.25) is 0 Å². The Labute approximate surface area is 159 Å². The topological polar surface area (TPSA) is 65.1 Å². The van der Waals surface area contributed by atoms with Gasteiger partial charge in [-0.1, -0.05) is 20.8 Å². The number of likely N-dealkylation sites (tertiary alicyclic amines) is 1. The first-order chi connectivity index (χ1) is 11.7. The van der Waals surface area contributed by atoms with Crippen LogP contribution in [0.3, 0.4) is 0 Å². The average molecular weight is 388 g/mol. The molecule has 0 bridgehead atoms. The summed E-state index contributed by atoms with van der Waals surface area (Å²) in [6, 6.07) is 0. The van der Waals surface area contributed by atoms with E-state index in [9.17, 15) is 9.59 Å². The van der Waals surface area contributed by atoms with Crippen molar-refractivity contribution >= 4 is 20.4 Å². The second kappa shape index (κ2) is 8.29. The second-order valence-electron chi connectivity index (χ2n) is 9.68. The number of ether oxygens (including phenoxy) is 2. The summed E-state index contributed by atoms with van der Waals surface area (Å²) < 4.78 is 16.8. The molecule has 1 aliphatic rings. The molecule has 1 saturated heterocycles. The summed E-state index contributed by atoms with van der Waals surface area (Å²) in [5.74, 6) is -0.557. The lowest BCUT2D eigenvalue weighted by molar-refractivity contribution is -0.150. The Morgan fingerprint density at radius 3 is 2.15 bits per heavy atom. The zero-order chi connectivity index (χ0) is 20.3. The van der Waals surface area contributed by atoms with E-state index in [1.165, 1.54) is 7.11 Å². The lowest BCUT2D eigenvalue weighted by Gasteiger charge is -2.41. The van der Waals surface area contributed by atoms with E-state index < -0.39 is 13.9 Å². The molecule has 0 aromatic heterocycles. The predicted molar refractivity (Wildman–Crippen MR) is 105 cm³/mol. The van der Waals surface area contributed by atoms with Crippen LogP contribution in [0.4, 0.5) is 4.79 Å². The minimum Gasteiger partial charge on any atom is -0.469 e. The third kappa shape index (κ3) is 6.27. The Balaban J connectivity index is 2.86. The molecule has 1 fully saturated rings. The molecular weight excluding hydrogens is 350 g/mol. The molecule has 0 saturated carbocycles. The first kappa shape index (κ1) is 23.0. The van der Waals surface area contributed by atoms with Gasteiger partial charge in [0.1, 0.15) is 5.60 Å². The van der Waals surface area contributed by atoms with Crippen molar-refractivity contribution in [2.45, 2.75) is 71.7 Å². The van der Waals surface area contributed by atoms with Crippen molar-refractivity contribution in [1.29, 1.82) is 0 Å². The summed E-state index contributed by atoms with van der Waals surface area (Å²) in [4.78, 5) is 26.3. The molecule has 0 unspecified atom stereocenters. The van der Waals surface area contributed by atoms with Gasteiger partial charge in [0.05, 0.1) is 13.0 Å². The highest BCUT2D eigenvalue weighted by Crippen LogP contribution is 2.37. The van der Waals surface area contributed by atoms with Gasteiger partial charge in [-0.2, -0.15) is 0 Å². The van der Waals surface area contributed by atoms with E-state index in [-0.39, 0.29) is 28.9 Å². The molecule has 7 heteroatoms. The van der Waals surface area contributed by atoms with Crippen molar-refractivity contribution in [2.24, 2.45) is 11.8 Å². The number of esters is 1. The molecular formula is C19H37NO5Si. The minimum atomic E-state index is -1.94. The molecule has 0 radical (unpaired) electrons. The van der Waals surface area contributed by atoms with Gasteiger partial charge in [-0.25, -0.2) is 4.79 Å². The number of hydrogen-bond donors (Lipinski definition) is 0. The van der Waals surface area contributed by atoms with Gasteiger partial charge in [0.15, 0.2) is 8.32 Å². The first-order valence-electron chi connectivity index (χ1n) is 9.37. The molecule has 0 N–H and O–H groups in total. The highest BCUT2D eigenvalue weighted by atomic mass is 28.4. The van der Waals surface area contributed by atoms with Crippen LogP contribution in [0.2, 0.25) is 18.1 Å². The van der Waals surface area contributed by atoms with Gasteiger partial charge in [0, 0.05) is 25.6 Å². The fourth-order valence-electron chi connectivity index (χ4n) is 2.69. The van der Waals surface area contributed by atoms with Gasteiger partial charge in [-0.05, 0) is 45.3 Å². The van der Waals surface area contributed by atoms with E-state index in [0.717, 1.165) is 0 Å². The van der Waals surface area contributed by atoms with Crippen molar-refractivity contribution in [3.63, 3.8) is 0 Å². The fourth-order valence-corrected chi connectivity index (χ4v) is 3.75. The smallest absolute Gasteiger partial charge is 0.410 e. The van der Waals surface area contributed by atoms with Crippen LogP contribution in [0.5, 0.6) is 0 Å². The third-order valence-corrected chi connectivity index (χ3v) is 9.85. The Hall–Kier alpha value is -1.08. The maximum Gasteiger partial charge on any atom is 0.410 e. The maximum absolute atomic E-state index is 12.4. The zero-order valence-electron chi connectivity index (χ0n) is 18.0. The Bertz CT molecular complexity index is 507. The van der Waals surface area contributed by atoms with E-state index in [1.54, 1.807) is 4.90 Å². The standard InChI is InChI=1S/C19H37NO5Si/c1-18(2,3)25-17(22)20-11-10-15(16(21)23-7)14(12-20)13-24-26(8,9)19(4,5)6/h14-15H,10-13H2,1-9H3/t14-,15-/m0/s1. The molecule has 2 atom stereocenters. The molecule has 152 valence electrons. The van der Waals surface area contributed by atoms with Gasteiger partial charge in [-0.3, -0.25) is 4.79 Å². The van der Waals surface area contributed by atoms with Gasteiger partial charge in [-0.15, -0.1) is 0 Å². The second-order valence-corrected chi connectivity index (χ2v) is 14.5. The van der Waals surface area contributed by atoms with E-state index in [1.807, 2.05) is 20.8 Å². The van der Waals surface area contributed by atoms with E-state index in [4.69, 9.17) is 13.9 Å². The highest BCUT2D eigenvalue weighted by Gasteiger charge is 2.42. The molecule has 1 rings (SSSR count). The third-order valence-electron chi connectivity index (χ3n) is 5.35. The molecule has 0 aromatic carbocycles. The number of methoxy groups -OCH3 is 1. The quantitative estimate of drug-likeness (QED) is 0.538. The van der Waals surface area contributed by atoms with Crippen molar-refractivity contribution in [3.05, 3.63) is 0 Å². The maximum atomic E-state index is 12.4. The van der Waals surface area contributed by atoms with Gasteiger partial charge in [0.25, 0.3) is 0 Å². The monoisotopic (exact) mass is 387 g/mol. The van der Waals surface area contributed by atoms with Crippen LogP contribution in [-0.2, 0) is 18.7 Å². The number of hydrogen-bond acceptors (Lipinski definition) is 5. The van der Waals surface area contributed by atoms with Crippen molar-refractivity contribution in [3.8, 4) is 0 Å². The largest absolute Gasteiger partial charge is 0.469 e. The van der Waals surface area contributed by atoms with Crippen LogP contribution in [0, 0.1) is 11.8 Å². The van der Waals surface area contributed by atoms with E-state index in [0.29, 0.717) is 26.1 Å². The van der Waals surface area contributed by atoms with Crippen LogP contribution >= 0.6 is 0 Å². The lowest BCUT2D eigenvalue weighted by atomic mass is 9.86. The van der Waals surface area contributed by atoms with Gasteiger partial charge >= 0.3 is 12.1 Å². The lowest BCUT2D eigenvalue weighted by Crippen LogP contribution is -2.51. The van der Waals surface area contributed by atoms with Crippen LogP contribution in [-0.4, -0.2) is 57.7 Å². The summed E-state index contributed by atoms with van der Waals surface area (Å²) in [5, 5.41) is 0.0906. The molecule has 1 aliphatic heterocycles. The van der Waals surface area contributed by atoms with Gasteiger partial charge < -0.3 is 18.8 Å². The summed E-state index contributed by atoms with van der Waals surface area (Å²) in [6.45, 7) is 17.9. The first-order valence-corrected chi connectivity index (χ1v) is 12.3. The molecule has 1 heterocycles. The molecule has 1 amide bonds.